The van der Waals surface area contributed by atoms with Crippen LogP contribution in [0.2, 0.25) is 0 Å². The van der Waals surface area contributed by atoms with Gasteiger partial charge in [0.2, 0.25) is 0 Å². The predicted molar refractivity (Wildman–Crippen MR) is 87.5 cm³/mol. The van der Waals surface area contributed by atoms with Gasteiger partial charge in [-0.2, -0.15) is 5.26 Å². The summed E-state index contributed by atoms with van der Waals surface area (Å²) in [5.74, 6) is 0.959. The molecule has 2 aliphatic heterocycles. The molecule has 0 amide bonds. The molecule has 4 heteroatoms. The van der Waals surface area contributed by atoms with Crippen LogP contribution >= 0.6 is 0 Å². The molecule has 0 spiro atoms. The van der Waals surface area contributed by atoms with Gasteiger partial charge in [-0.05, 0) is 60.9 Å². The molecule has 3 aliphatic rings. The van der Waals surface area contributed by atoms with Gasteiger partial charge in [-0.15, -0.1) is 0 Å². The van der Waals surface area contributed by atoms with Gasteiger partial charge >= 0.3 is 0 Å². The Morgan fingerprint density at radius 2 is 2.30 bits per heavy atom. The Balaban J connectivity index is 1.92. The number of nitrogens with zero attached hydrogens (tertiary/aromatic N) is 2. The molecule has 0 N–H and O–H groups in total. The normalized spacial score (nSPS) is 31.8. The van der Waals surface area contributed by atoms with Crippen molar-refractivity contribution in [2.75, 3.05) is 20.3 Å². The van der Waals surface area contributed by atoms with Gasteiger partial charge in [-0.1, -0.05) is 6.92 Å². The molecule has 0 unspecified atom stereocenters. The maximum absolute atomic E-state index is 9.55. The smallest absolute Gasteiger partial charge is 0.179 e. The second-order valence-corrected chi connectivity index (χ2v) is 7.03. The Morgan fingerprint density at radius 1 is 1.43 bits per heavy atom. The number of nitriles is 1. The summed E-state index contributed by atoms with van der Waals surface area (Å²) in [4.78, 5) is 1.96. The molecule has 1 aromatic rings. The fraction of sp³-hybridized carbons (Fsp3) is 0.632. The third kappa shape index (κ3) is 1.99. The Hall–Kier alpha value is -1.73. The van der Waals surface area contributed by atoms with E-state index in [2.05, 4.69) is 25.2 Å². The Bertz CT molecular complexity index is 666. The minimum absolute atomic E-state index is 0.0717. The third-order valence-electron chi connectivity index (χ3n) is 6.17. The first-order chi connectivity index (χ1) is 11.2. The van der Waals surface area contributed by atoms with Gasteiger partial charge < -0.3 is 14.4 Å². The zero-order chi connectivity index (χ0) is 16.0. The van der Waals surface area contributed by atoms with Crippen molar-refractivity contribution in [1.29, 1.82) is 5.26 Å². The number of piperidine rings is 1. The molecule has 2 saturated heterocycles. The van der Waals surface area contributed by atoms with E-state index in [9.17, 15) is 5.26 Å². The van der Waals surface area contributed by atoms with Gasteiger partial charge in [0.05, 0.1) is 19.3 Å². The van der Waals surface area contributed by atoms with Crippen molar-refractivity contribution in [3.05, 3.63) is 28.8 Å². The number of hydrogen-bond acceptors (Lipinski definition) is 4. The van der Waals surface area contributed by atoms with Crippen LogP contribution in [0.4, 0.5) is 0 Å². The minimum atomic E-state index is 0.0717. The molecular formula is C19H24N2O2. The second-order valence-electron chi connectivity index (χ2n) is 7.03. The topological polar surface area (TPSA) is 45.5 Å². The van der Waals surface area contributed by atoms with Crippen LogP contribution in [0, 0.1) is 11.5 Å². The lowest BCUT2D eigenvalue weighted by atomic mass is 9.58. The molecule has 0 aromatic heterocycles. The maximum atomic E-state index is 9.55. The highest BCUT2D eigenvalue weighted by molar-refractivity contribution is 5.51. The first-order valence-corrected chi connectivity index (χ1v) is 8.71. The molecule has 0 radical (unpaired) electrons. The summed E-state index contributed by atoms with van der Waals surface area (Å²) in [7, 11) is 1.75. The van der Waals surface area contributed by atoms with Crippen molar-refractivity contribution in [3.8, 4) is 11.9 Å². The van der Waals surface area contributed by atoms with Crippen LogP contribution in [-0.2, 0) is 23.0 Å². The number of ether oxygens (including phenoxy) is 2. The Morgan fingerprint density at radius 3 is 3.04 bits per heavy atom. The number of aryl methyl sites for hydroxylation is 1. The number of likely N-dealkylation sites (tertiary alicyclic amines) is 1. The average Bonchev–Trinajstić information content (AvgIpc) is 2.61. The van der Waals surface area contributed by atoms with E-state index in [0.29, 0.717) is 0 Å². The van der Waals surface area contributed by atoms with Gasteiger partial charge in [-0.25, -0.2) is 0 Å². The van der Waals surface area contributed by atoms with E-state index >= 15 is 0 Å². The molecule has 2 bridgehead atoms. The third-order valence-corrected chi connectivity index (χ3v) is 6.17. The highest BCUT2D eigenvalue weighted by atomic mass is 16.5. The van der Waals surface area contributed by atoms with Crippen LogP contribution in [0.3, 0.4) is 0 Å². The zero-order valence-electron chi connectivity index (χ0n) is 14.0. The molecule has 1 aromatic carbocycles. The molecule has 23 heavy (non-hydrogen) atoms. The summed E-state index contributed by atoms with van der Waals surface area (Å²) in [6, 6.07) is 4.61. The van der Waals surface area contributed by atoms with Crippen molar-refractivity contribution >= 4 is 0 Å². The van der Waals surface area contributed by atoms with Crippen molar-refractivity contribution < 1.29 is 9.47 Å². The number of benzene rings is 1. The van der Waals surface area contributed by atoms with Crippen molar-refractivity contribution in [2.45, 2.75) is 56.6 Å². The molecule has 4 rings (SSSR count). The molecule has 2 heterocycles. The lowest BCUT2D eigenvalue weighted by molar-refractivity contribution is -0.115. The number of fused-ring (bicyclic) bond motifs is 1. The summed E-state index contributed by atoms with van der Waals surface area (Å²) >= 11 is 0. The van der Waals surface area contributed by atoms with Crippen molar-refractivity contribution in [2.24, 2.45) is 0 Å². The number of rotatable bonds is 2. The van der Waals surface area contributed by atoms with E-state index in [1.807, 2.05) is 4.90 Å². The van der Waals surface area contributed by atoms with Gasteiger partial charge in [0.15, 0.2) is 6.19 Å². The first-order valence-electron chi connectivity index (χ1n) is 8.71. The van der Waals surface area contributed by atoms with E-state index in [0.717, 1.165) is 51.0 Å². The molecule has 3 atom stereocenters. The standard InChI is InChI=1S/C19H24N2O2/c1-3-13-9-14(22-2)10-16-15(13)11-17-18-19(16,5-4-8-23-18)6-7-21(17)12-20/h9-10,17-18H,3-8,11H2,1-2H3/t17-,18+,19+/m1/s1. The molecule has 0 saturated carbocycles. The van der Waals surface area contributed by atoms with Crippen LogP contribution in [0.5, 0.6) is 5.75 Å². The number of methoxy groups -OCH3 is 1. The molecule has 4 nitrogen and oxygen atoms in total. The Kier molecular flexibility index (Phi) is 3.50. The van der Waals surface area contributed by atoms with Gasteiger partial charge in [0, 0.05) is 18.6 Å². The first kappa shape index (κ1) is 14.8. The highest BCUT2D eigenvalue weighted by Crippen LogP contribution is 2.52. The van der Waals surface area contributed by atoms with E-state index in [-0.39, 0.29) is 17.6 Å². The second kappa shape index (κ2) is 5.42. The van der Waals surface area contributed by atoms with Gasteiger partial charge in [-0.3, -0.25) is 0 Å². The monoisotopic (exact) mass is 312 g/mol. The molecular weight excluding hydrogens is 288 g/mol. The minimum Gasteiger partial charge on any atom is -0.497 e. The summed E-state index contributed by atoms with van der Waals surface area (Å²) in [5.41, 5.74) is 4.32. The van der Waals surface area contributed by atoms with E-state index < -0.39 is 0 Å². The quantitative estimate of drug-likeness (QED) is 0.788. The van der Waals surface area contributed by atoms with Crippen LogP contribution in [0.15, 0.2) is 12.1 Å². The summed E-state index contributed by atoms with van der Waals surface area (Å²) < 4.78 is 11.8. The van der Waals surface area contributed by atoms with Crippen LogP contribution in [0.25, 0.3) is 0 Å². The summed E-state index contributed by atoms with van der Waals surface area (Å²) in [6.07, 6.45) is 7.75. The van der Waals surface area contributed by atoms with E-state index in [1.165, 1.54) is 16.7 Å². The summed E-state index contributed by atoms with van der Waals surface area (Å²) in [5, 5.41) is 9.55. The SMILES string of the molecule is CCc1cc(OC)cc2c1C[C@@H]1[C@@H]3OCCC[C@]23CCN1C#N. The van der Waals surface area contributed by atoms with Crippen LogP contribution in [0.1, 0.15) is 42.9 Å². The largest absolute Gasteiger partial charge is 0.497 e. The Labute approximate surface area is 138 Å². The molecule has 122 valence electrons. The lowest BCUT2D eigenvalue weighted by Gasteiger charge is -2.57. The predicted octanol–water partition coefficient (Wildman–Crippen LogP) is 2.79. The number of hydrogen-bond donors (Lipinski definition) is 0. The molecule has 2 fully saturated rings. The fourth-order valence-electron chi connectivity index (χ4n) is 5.09. The average molecular weight is 312 g/mol. The van der Waals surface area contributed by atoms with Crippen LogP contribution in [-0.4, -0.2) is 37.3 Å². The van der Waals surface area contributed by atoms with Gasteiger partial charge in [0.25, 0.3) is 0 Å². The van der Waals surface area contributed by atoms with Crippen molar-refractivity contribution in [3.63, 3.8) is 0 Å². The summed E-state index contributed by atoms with van der Waals surface area (Å²) in [6.45, 7) is 3.87. The van der Waals surface area contributed by atoms with Crippen molar-refractivity contribution in [1.82, 2.24) is 4.90 Å². The highest BCUT2D eigenvalue weighted by Gasteiger charge is 2.55. The maximum Gasteiger partial charge on any atom is 0.179 e. The lowest BCUT2D eigenvalue weighted by Crippen LogP contribution is -2.64. The zero-order valence-corrected chi connectivity index (χ0v) is 14.0. The molecule has 1 aliphatic carbocycles. The fourth-order valence-corrected chi connectivity index (χ4v) is 5.09. The van der Waals surface area contributed by atoms with Gasteiger partial charge in [0.1, 0.15) is 5.75 Å². The van der Waals surface area contributed by atoms with E-state index in [1.54, 1.807) is 7.11 Å². The van der Waals surface area contributed by atoms with E-state index in [4.69, 9.17) is 9.47 Å². The van der Waals surface area contributed by atoms with Crippen LogP contribution < -0.4 is 4.74 Å².